The van der Waals surface area contributed by atoms with E-state index in [4.69, 9.17) is 4.74 Å². The van der Waals surface area contributed by atoms with E-state index in [9.17, 15) is 0 Å². The Labute approximate surface area is 90.3 Å². The van der Waals surface area contributed by atoms with Crippen LogP contribution in [0.4, 0.5) is 0 Å². The maximum Gasteiger partial charge on any atom is 0.0741 e. The number of hydrogen-bond donors (Lipinski definition) is 1. The van der Waals surface area contributed by atoms with Crippen molar-refractivity contribution < 1.29 is 4.74 Å². The summed E-state index contributed by atoms with van der Waals surface area (Å²) in [6.45, 7) is 8.02. The van der Waals surface area contributed by atoms with Crippen molar-refractivity contribution in [1.29, 1.82) is 0 Å². The van der Waals surface area contributed by atoms with Gasteiger partial charge >= 0.3 is 0 Å². The Kier molecular flexibility index (Phi) is 5.15. The second-order valence-corrected chi connectivity index (χ2v) is 4.03. The lowest BCUT2D eigenvalue weighted by Gasteiger charge is -2.23. The van der Waals surface area contributed by atoms with E-state index in [-0.39, 0.29) is 6.10 Å². The van der Waals surface area contributed by atoms with Crippen molar-refractivity contribution in [2.24, 2.45) is 0 Å². The molecular weight excluding hydrogens is 194 g/mol. The van der Waals surface area contributed by atoms with Gasteiger partial charge in [-0.1, -0.05) is 6.92 Å². The van der Waals surface area contributed by atoms with E-state index < -0.39 is 0 Å². The topological polar surface area (TPSA) is 21.3 Å². The van der Waals surface area contributed by atoms with Crippen LogP contribution >= 0.6 is 11.3 Å². The van der Waals surface area contributed by atoms with Crippen molar-refractivity contribution in [3.63, 3.8) is 0 Å². The summed E-state index contributed by atoms with van der Waals surface area (Å²) >= 11 is 1.73. The van der Waals surface area contributed by atoms with Crippen molar-refractivity contribution in [1.82, 2.24) is 5.32 Å². The molecule has 1 heterocycles. The van der Waals surface area contributed by atoms with Gasteiger partial charge in [-0.15, -0.1) is 0 Å². The molecule has 0 bridgehead atoms. The molecule has 14 heavy (non-hydrogen) atoms. The highest BCUT2D eigenvalue weighted by Crippen LogP contribution is 2.21. The molecule has 0 radical (unpaired) electrons. The molecule has 0 aliphatic carbocycles. The average molecular weight is 213 g/mol. The first-order chi connectivity index (χ1) is 6.79. The van der Waals surface area contributed by atoms with Crippen LogP contribution < -0.4 is 5.32 Å². The molecule has 0 saturated heterocycles. The molecule has 1 aromatic heterocycles. The smallest absolute Gasteiger partial charge is 0.0741 e. The Balaban J connectivity index is 2.63. The van der Waals surface area contributed by atoms with Crippen LogP contribution in [0.2, 0.25) is 0 Å². The first-order valence-electron chi connectivity index (χ1n) is 5.16. The molecule has 2 nitrogen and oxygen atoms in total. The van der Waals surface area contributed by atoms with E-state index in [1.165, 1.54) is 5.56 Å². The van der Waals surface area contributed by atoms with Crippen LogP contribution in [0.3, 0.4) is 0 Å². The molecule has 0 amide bonds. The summed E-state index contributed by atoms with van der Waals surface area (Å²) in [5, 5.41) is 7.74. The van der Waals surface area contributed by atoms with Crippen molar-refractivity contribution >= 4 is 11.3 Å². The monoisotopic (exact) mass is 213 g/mol. The van der Waals surface area contributed by atoms with Crippen LogP contribution in [-0.2, 0) is 4.74 Å². The van der Waals surface area contributed by atoms with E-state index in [0.29, 0.717) is 6.04 Å². The lowest BCUT2D eigenvalue weighted by Crippen LogP contribution is -2.31. The molecule has 0 saturated carbocycles. The van der Waals surface area contributed by atoms with Crippen molar-refractivity contribution in [3.8, 4) is 0 Å². The summed E-state index contributed by atoms with van der Waals surface area (Å²) < 4.78 is 5.62. The molecule has 0 aliphatic heterocycles. The first-order valence-corrected chi connectivity index (χ1v) is 6.11. The van der Waals surface area contributed by atoms with Crippen LogP contribution in [0, 0.1) is 0 Å². The van der Waals surface area contributed by atoms with Gasteiger partial charge in [0.25, 0.3) is 0 Å². The van der Waals surface area contributed by atoms with Gasteiger partial charge < -0.3 is 10.1 Å². The lowest BCUT2D eigenvalue weighted by atomic mass is 10.1. The van der Waals surface area contributed by atoms with E-state index in [1.54, 1.807) is 11.3 Å². The first kappa shape index (κ1) is 11.7. The van der Waals surface area contributed by atoms with Crippen LogP contribution in [0.25, 0.3) is 0 Å². The summed E-state index contributed by atoms with van der Waals surface area (Å²) in [7, 11) is 0. The zero-order valence-electron chi connectivity index (χ0n) is 9.12. The summed E-state index contributed by atoms with van der Waals surface area (Å²) in [6.07, 6.45) is 0.231. The number of rotatable bonds is 6. The minimum atomic E-state index is 0.231. The maximum atomic E-state index is 5.62. The molecule has 2 unspecified atom stereocenters. The predicted octanol–water partition coefficient (Wildman–Crippen LogP) is 2.82. The highest BCUT2D eigenvalue weighted by atomic mass is 32.1. The van der Waals surface area contributed by atoms with E-state index >= 15 is 0 Å². The molecule has 1 rings (SSSR count). The minimum absolute atomic E-state index is 0.231. The highest BCUT2D eigenvalue weighted by molar-refractivity contribution is 7.07. The van der Waals surface area contributed by atoms with Gasteiger partial charge in [0.2, 0.25) is 0 Å². The summed E-state index contributed by atoms with van der Waals surface area (Å²) in [6, 6.07) is 2.49. The molecular formula is C11H19NOS. The third-order valence-corrected chi connectivity index (χ3v) is 2.93. The Bertz CT molecular complexity index is 235. The van der Waals surface area contributed by atoms with Crippen LogP contribution in [0.15, 0.2) is 16.8 Å². The molecule has 3 heteroatoms. The minimum Gasteiger partial charge on any atom is -0.377 e. The van der Waals surface area contributed by atoms with Gasteiger partial charge in [0, 0.05) is 6.61 Å². The van der Waals surface area contributed by atoms with Gasteiger partial charge in [-0.3, -0.25) is 0 Å². The SMILES string of the molecule is CCNC(c1ccsc1)C(C)OCC. The molecule has 0 fully saturated rings. The number of nitrogens with one attached hydrogen (secondary N) is 1. The zero-order valence-corrected chi connectivity index (χ0v) is 9.93. The second-order valence-electron chi connectivity index (χ2n) is 3.25. The van der Waals surface area contributed by atoms with E-state index in [2.05, 4.69) is 36.0 Å². The summed E-state index contributed by atoms with van der Waals surface area (Å²) in [4.78, 5) is 0. The third-order valence-electron chi connectivity index (χ3n) is 2.23. The van der Waals surface area contributed by atoms with Gasteiger partial charge in [-0.2, -0.15) is 11.3 Å². The van der Waals surface area contributed by atoms with Gasteiger partial charge in [0.15, 0.2) is 0 Å². The van der Waals surface area contributed by atoms with Crippen LogP contribution in [0.5, 0.6) is 0 Å². The Hall–Kier alpha value is -0.380. The van der Waals surface area contributed by atoms with Gasteiger partial charge in [-0.25, -0.2) is 0 Å². The predicted molar refractivity (Wildman–Crippen MR) is 61.8 cm³/mol. The molecule has 0 aliphatic rings. The molecule has 0 spiro atoms. The van der Waals surface area contributed by atoms with Gasteiger partial charge in [0.05, 0.1) is 12.1 Å². The lowest BCUT2D eigenvalue weighted by molar-refractivity contribution is 0.0478. The molecule has 1 aromatic rings. The fourth-order valence-electron chi connectivity index (χ4n) is 1.59. The Morgan fingerprint density at radius 3 is 2.79 bits per heavy atom. The Morgan fingerprint density at radius 2 is 2.29 bits per heavy atom. The standard InChI is InChI=1S/C11H19NOS/c1-4-12-11(9(3)13-5-2)10-6-7-14-8-10/h6-9,11-12H,4-5H2,1-3H3. The summed E-state index contributed by atoms with van der Waals surface area (Å²) in [5.41, 5.74) is 1.33. The largest absolute Gasteiger partial charge is 0.377 e. The maximum absolute atomic E-state index is 5.62. The van der Waals surface area contributed by atoms with Crippen LogP contribution in [0.1, 0.15) is 32.4 Å². The van der Waals surface area contributed by atoms with Crippen molar-refractivity contribution in [3.05, 3.63) is 22.4 Å². The van der Waals surface area contributed by atoms with E-state index in [0.717, 1.165) is 13.2 Å². The average Bonchev–Trinajstić information content (AvgIpc) is 2.67. The third kappa shape index (κ3) is 3.08. The number of likely N-dealkylation sites (N-methyl/N-ethyl adjacent to an activating group) is 1. The molecule has 1 N–H and O–H groups in total. The van der Waals surface area contributed by atoms with Gasteiger partial charge in [0.1, 0.15) is 0 Å². The van der Waals surface area contributed by atoms with Crippen molar-refractivity contribution in [2.75, 3.05) is 13.2 Å². The number of thiophene rings is 1. The molecule has 80 valence electrons. The highest BCUT2D eigenvalue weighted by Gasteiger charge is 2.18. The normalized spacial score (nSPS) is 15.4. The molecule has 2 atom stereocenters. The Morgan fingerprint density at radius 1 is 1.50 bits per heavy atom. The number of ether oxygens (including phenoxy) is 1. The molecule has 0 aromatic carbocycles. The zero-order chi connectivity index (χ0) is 10.4. The van der Waals surface area contributed by atoms with Crippen LogP contribution in [-0.4, -0.2) is 19.3 Å². The van der Waals surface area contributed by atoms with E-state index in [1.807, 2.05) is 6.92 Å². The second kappa shape index (κ2) is 6.17. The quantitative estimate of drug-likeness (QED) is 0.784. The van der Waals surface area contributed by atoms with Crippen molar-refractivity contribution in [2.45, 2.75) is 32.9 Å². The number of hydrogen-bond acceptors (Lipinski definition) is 3. The van der Waals surface area contributed by atoms with Gasteiger partial charge in [-0.05, 0) is 42.8 Å². The fourth-order valence-corrected chi connectivity index (χ4v) is 2.28. The fraction of sp³-hybridized carbons (Fsp3) is 0.636. The summed E-state index contributed by atoms with van der Waals surface area (Å²) in [5.74, 6) is 0.